The fourth-order valence-electron chi connectivity index (χ4n) is 3.91. The van der Waals surface area contributed by atoms with Crippen LogP contribution in [-0.4, -0.2) is 86.6 Å². The third-order valence-electron chi connectivity index (χ3n) is 5.91. The molecule has 1 aromatic carbocycles. The third kappa shape index (κ3) is 7.92. The molecule has 1 aliphatic rings. The summed E-state index contributed by atoms with van der Waals surface area (Å²) in [6.07, 6.45) is -0.867. The number of primary amides is 1. The molecule has 1 fully saturated rings. The molecule has 0 spiro atoms. The highest BCUT2D eigenvalue weighted by molar-refractivity contribution is 5.94. The number of benzene rings is 1. The third-order valence-corrected chi connectivity index (χ3v) is 5.91. The van der Waals surface area contributed by atoms with Crippen LogP contribution in [0.4, 0.5) is 0 Å². The van der Waals surface area contributed by atoms with Crippen molar-refractivity contribution in [2.24, 2.45) is 11.5 Å². The highest BCUT2D eigenvalue weighted by Gasteiger charge is 2.39. The van der Waals surface area contributed by atoms with Crippen molar-refractivity contribution in [3.05, 3.63) is 29.8 Å². The molecule has 5 atom stereocenters. The number of aliphatic carboxylic acids is 1. The Morgan fingerprint density at radius 3 is 2.31 bits per heavy atom. The van der Waals surface area contributed by atoms with Gasteiger partial charge in [0, 0.05) is 19.4 Å². The van der Waals surface area contributed by atoms with Crippen molar-refractivity contribution >= 4 is 29.6 Å². The molecule has 9 N–H and O–H groups in total. The van der Waals surface area contributed by atoms with Crippen molar-refractivity contribution in [1.82, 2.24) is 15.5 Å². The van der Waals surface area contributed by atoms with Crippen LogP contribution in [0.25, 0.3) is 0 Å². The molecule has 1 aromatic rings. The van der Waals surface area contributed by atoms with Crippen molar-refractivity contribution in [3.8, 4) is 5.75 Å². The van der Waals surface area contributed by atoms with Gasteiger partial charge in [0.25, 0.3) is 0 Å². The predicted molar refractivity (Wildman–Crippen MR) is 126 cm³/mol. The van der Waals surface area contributed by atoms with Crippen molar-refractivity contribution in [2.75, 3.05) is 6.54 Å². The fraction of sp³-hybridized carbons (Fsp3) is 0.522. The second kappa shape index (κ2) is 12.8. The molecule has 36 heavy (non-hydrogen) atoms. The van der Waals surface area contributed by atoms with E-state index in [0.29, 0.717) is 12.0 Å². The van der Waals surface area contributed by atoms with E-state index >= 15 is 0 Å². The number of hydrogen-bond donors (Lipinski definition) is 7. The molecular weight excluding hydrogens is 474 g/mol. The number of nitrogens with one attached hydrogen (secondary N) is 2. The largest absolute Gasteiger partial charge is 0.508 e. The number of aliphatic hydroxyl groups excluding tert-OH is 1. The van der Waals surface area contributed by atoms with E-state index in [1.165, 1.54) is 24.0 Å². The number of hydrogen-bond acceptors (Lipinski definition) is 8. The summed E-state index contributed by atoms with van der Waals surface area (Å²) in [4.78, 5) is 62.5. The van der Waals surface area contributed by atoms with Gasteiger partial charge >= 0.3 is 5.97 Å². The summed E-state index contributed by atoms with van der Waals surface area (Å²) in [6.45, 7) is 1.46. The lowest BCUT2D eigenvalue weighted by molar-refractivity contribution is -0.149. The molecular formula is C23H33N5O8. The van der Waals surface area contributed by atoms with Gasteiger partial charge in [-0.05, 0) is 43.9 Å². The van der Waals surface area contributed by atoms with Crippen LogP contribution in [0, 0.1) is 0 Å². The predicted octanol–water partition coefficient (Wildman–Crippen LogP) is -2.05. The number of rotatable bonds is 12. The number of phenolic OH excluding ortho intramolecular Hbond substituents is 1. The second-order valence-corrected chi connectivity index (χ2v) is 8.80. The standard InChI is InChI=1S/C23H33N5O8/c1-12(29)19(27-20(32)15(24)8-9-18(25)31)21(33)26-16(11-13-4-6-14(30)7-5-13)22(34)28-10-2-3-17(28)23(35)36/h4-7,12,15-17,19,29-30H,2-3,8-11,24H2,1H3,(H2,25,31)(H,26,33)(H,27,32)(H,35,36). The summed E-state index contributed by atoms with van der Waals surface area (Å²) >= 11 is 0. The van der Waals surface area contributed by atoms with E-state index in [4.69, 9.17) is 11.5 Å². The van der Waals surface area contributed by atoms with Crippen molar-refractivity contribution in [2.45, 2.75) is 69.3 Å². The van der Waals surface area contributed by atoms with Crippen LogP contribution in [-0.2, 0) is 30.4 Å². The van der Waals surface area contributed by atoms with E-state index in [-0.39, 0.29) is 38.0 Å². The van der Waals surface area contributed by atoms with Gasteiger partial charge in [-0.2, -0.15) is 0 Å². The number of carboxylic acids is 1. The highest BCUT2D eigenvalue weighted by Crippen LogP contribution is 2.20. The Morgan fingerprint density at radius 2 is 1.75 bits per heavy atom. The average molecular weight is 508 g/mol. The van der Waals surface area contributed by atoms with Gasteiger partial charge < -0.3 is 42.3 Å². The lowest BCUT2D eigenvalue weighted by Crippen LogP contribution is -2.60. The van der Waals surface area contributed by atoms with Crippen LogP contribution >= 0.6 is 0 Å². The zero-order valence-corrected chi connectivity index (χ0v) is 19.9. The van der Waals surface area contributed by atoms with Crippen LogP contribution in [0.3, 0.4) is 0 Å². The molecule has 198 valence electrons. The fourth-order valence-corrected chi connectivity index (χ4v) is 3.91. The topological polar surface area (TPSA) is 225 Å². The summed E-state index contributed by atoms with van der Waals surface area (Å²) in [7, 11) is 0. The first-order valence-corrected chi connectivity index (χ1v) is 11.5. The van der Waals surface area contributed by atoms with Crippen molar-refractivity contribution in [3.63, 3.8) is 0 Å². The van der Waals surface area contributed by atoms with Crippen LogP contribution in [0.5, 0.6) is 5.75 Å². The van der Waals surface area contributed by atoms with E-state index in [0.717, 1.165) is 0 Å². The van der Waals surface area contributed by atoms with Crippen molar-refractivity contribution in [1.29, 1.82) is 0 Å². The van der Waals surface area contributed by atoms with Gasteiger partial charge in [0.2, 0.25) is 23.6 Å². The molecule has 0 radical (unpaired) electrons. The first-order chi connectivity index (χ1) is 16.9. The maximum absolute atomic E-state index is 13.3. The van der Waals surface area contributed by atoms with Gasteiger partial charge in [-0.15, -0.1) is 0 Å². The van der Waals surface area contributed by atoms with Gasteiger partial charge in [0.05, 0.1) is 12.1 Å². The Morgan fingerprint density at radius 1 is 1.11 bits per heavy atom. The minimum Gasteiger partial charge on any atom is -0.508 e. The van der Waals surface area contributed by atoms with E-state index in [1.807, 2.05) is 0 Å². The molecule has 4 amide bonds. The van der Waals surface area contributed by atoms with Crippen LogP contribution < -0.4 is 22.1 Å². The highest BCUT2D eigenvalue weighted by atomic mass is 16.4. The number of amides is 4. The van der Waals surface area contributed by atoms with E-state index in [1.54, 1.807) is 12.1 Å². The minimum absolute atomic E-state index is 0.000650. The molecule has 0 aliphatic carbocycles. The van der Waals surface area contributed by atoms with Crippen LogP contribution in [0.2, 0.25) is 0 Å². The molecule has 1 aliphatic heterocycles. The molecule has 13 heteroatoms. The maximum Gasteiger partial charge on any atom is 0.326 e. The average Bonchev–Trinajstić information content (AvgIpc) is 3.31. The van der Waals surface area contributed by atoms with Gasteiger partial charge in [0.15, 0.2) is 0 Å². The number of nitrogens with two attached hydrogens (primary N) is 2. The lowest BCUT2D eigenvalue weighted by Gasteiger charge is -2.29. The molecule has 1 heterocycles. The van der Waals surface area contributed by atoms with Gasteiger partial charge in [-0.25, -0.2) is 4.79 Å². The number of carboxylic acid groups (broad SMARTS) is 1. The molecule has 5 unspecified atom stereocenters. The van der Waals surface area contributed by atoms with Gasteiger partial charge in [0.1, 0.15) is 23.9 Å². The van der Waals surface area contributed by atoms with E-state index in [9.17, 15) is 39.3 Å². The van der Waals surface area contributed by atoms with Crippen molar-refractivity contribution < 1.29 is 39.3 Å². The molecule has 0 bridgehead atoms. The second-order valence-electron chi connectivity index (χ2n) is 8.80. The Kier molecular flexibility index (Phi) is 10.2. The van der Waals surface area contributed by atoms with Gasteiger partial charge in [-0.3, -0.25) is 19.2 Å². The SMILES string of the molecule is CC(O)C(NC(=O)C(N)CCC(N)=O)C(=O)NC(Cc1ccc(O)cc1)C(=O)N1CCCC1C(=O)O. The van der Waals surface area contributed by atoms with E-state index < -0.39 is 59.9 Å². The minimum atomic E-state index is -1.49. The number of aromatic hydroxyl groups is 1. The molecule has 1 saturated heterocycles. The Labute approximate surface area is 207 Å². The summed E-state index contributed by atoms with van der Waals surface area (Å²) in [5.41, 5.74) is 11.4. The Hall–Kier alpha value is -3.71. The quantitative estimate of drug-likeness (QED) is 0.165. The normalized spacial score (nSPS) is 18.5. The molecule has 13 nitrogen and oxygen atoms in total. The summed E-state index contributed by atoms with van der Waals surface area (Å²) < 4.78 is 0. The number of nitrogens with zero attached hydrogens (tertiary/aromatic N) is 1. The first-order valence-electron chi connectivity index (χ1n) is 11.5. The molecule has 0 saturated carbocycles. The number of likely N-dealkylation sites (tertiary alicyclic amines) is 1. The van der Waals surface area contributed by atoms with Crippen LogP contribution in [0.15, 0.2) is 24.3 Å². The zero-order chi connectivity index (χ0) is 27.0. The molecule has 2 rings (SSSR count). The maximum atomic E-state index is 13.3. The number of carbonyl (C=O) groups excluding carboxylic acids is 4. The van der Waals surface area contributed by atoms with Crippen LogP contribution in [0.1, 0.15) is 38.2 Å². The first kappa shape index (κ1) is 28.5. The number of aliphatic hydroxyl groups is 1. The molecule has 0 aromatic heterocycles. The van der Waals surface area contributed by atoms with E-state index in [2.05, 4.69) is 10.6 Å². The Bertz CT molecular complexity index is 968. The number of carbonyl (C=O) groups is 5. The summed E-state index contributed by atoms with van der Waals surface area (Å²) in [6, 6.07) is 0.999. The number of phenols is 1. The zero-order valence-electron chi connectivity index (χ0n) is 19.9. The Balaban J connectivity index is 2.22. The monoisotopic (exact) mass is 507 g/mol. The summed E-state index contributed by atoms with van der Waals surface area (Å²) in [5, 5.41) is 34.0. The smallest absolute Gasteiger partial charge is 0.326 e. The van der Waals surface area contributed by atoms with Gasteiger partial charge in [-0.1, -0.05) is 12.1 Å². The lowest BCUT2D eigenvalue weighted by atomic mass is 10.0. The summed E-state index contributed by atoms with van der Waals surface area (Å²) in [5.74, 6) is -4.13.